The van der Waals surface area contributed by atoms with Crippen LogP contribution in [0.25, 0.3) is 0 Å². The minimum Gasteiger partial charge on any atom is -0.383 e. The van der Waals surface area contributed by atoms with Crippen molar-refractivity contribution >= 4 is 34.8 Å². The maximum absolute atomic E-state index is 13.3. The summed E-state index contributed by atoms with van der Waals surface area (Å²) < 4.78 is 5.10. The maximum Gasteiger partial charge on any atom is 0.242 e. The number of amides is 2. The van der Waals surface area contributed by atoms with Gasteiger partial charge in [0.25, 0.3) is 0 Å². The quantitative estimate of drug-likeness (QED) is 0.645. The summed E-state index contributed by atoms with van der Waals surface area (Å²) in [7, 11) is 1.57. The van der Waals surface area contributed by atoms with Gasteiger partial charge in [0, 0.05) is 25.1 Å². The first-order valence-corrected chi connectivity index (χ1v) is 10.7. The Bertz CT molecular complexity index is 809. The van der Waals surface area contributed by atoms with E-state index >= 15 is 0 Å². The molecule has 150 valence electrons. The largest absolute Gasteiger partial charge is 0.383 e. The van der Waals surface area contributed by atoms with Crippen LogP contribution in [0.2, 0.25) is 0 Å². The third-order valence-corrected chi connectivity index (χ3v) is 6.13. The van der Waals surface area contributed by atoms with E-state index in [9.17, 15) is 9.59 Å². The molecule has 2 aromatic rings. The second kappa shape index (κ2) is 9.54. The molecule has 0 unspecified atom stereocenters. The summed E-state index contributed by atoms with van der Waals surface area (Å²) in [5.41, 5.74) is 2.26. The Morgan fingerprint density at radius 3 is 2.75 bits per heavy atom. The van der Waals surface area contributed by atoms with Crippen LogP contribution < -0.4 is 0 Å². The number of hydrogen-bond acceptors (Lipinski definition) is 4. The number of rotatable bonds is 7. The van der Waals surface area contributed by atoms with Crippen LogP contribution in [-0.4, -0.2) is 60.3 Å². The fraction of sp³-hybridized carbons (Fsp3) is 0.429. The Morgan fingerprint density at radius 2 is 2.07 bits per heavy atom. The van der Waals surface area contributed by atoms with Gasteiger partial charge in [0.2, 0.25) is 11.8 Å². The first-order valence-electron chi connectivity index (χ1n) is 9.35. The lowest BCUT2D eigenvalue weighted by Gasteiger charge is -2.37. The molecule has 1 aromatic carbocycles. The van der Waals surface area contributed by atoms with E-state index in [0.717, 1.165) is 12.0 Å². The molecule has 2 heterocycles. The Hall–Kier alpha value is -1.89. The topological polar surface area (TPSA) is 49.9 Å². The molecule has 2 amide bonds. The molecule has 3 rings (SSSR count). The summed E-state index contributed by atoms with van der Waals surface area (Å²) in [4.78, 5) is 30.4. The van der Waals surface area contributed by atoms with Crippen molar-refractivity contribution in [1.29, 1.82) is 0 Å². The molecule has 1 aliphatic heterocycles. The van der Waals surface area contributed by atoms with Gasteiger partial charge in [0.1, 0.15) is 5.38 Å². The number of benzene rings is 1. The number of thiophene rings is 1. The van der Waals surface area contributed by atoms with E-state index in [1.807, 2.05) is 35.2 Å². The van der Waals surface area contributed by atoms with Crippen molar-refractivity contribution in [2.45, 2.75) is 24.8 Å². The third-order valence-electron chi connectivity index (χ3n) is 4.94. The van der Waals surface area contributed by atoms with E-state index in [4.69, 9.17) is 16.3 Å². The summed E-state index contributed by atoms with van der Waals surface area (Å²) in [5.74, 6) is -0.330. The first-order chi connectivity index (χ1) is 13.5. The van der Waals surface area contributed by atoms with Crippen molar-refractivity contribution in [3.8, 4) is 0 Å². The van der Waals surface area contributed by atoms with Gasteiger partial charge >= 0.3 is 0 Å². The van der Waals surface area contributed by atoms with E-state index in [0.29, 0.717) is 19.7 Å². The van der Waals surface area contributed by atoms with Crippen LogP contribution in [0.5, 0.6) is 0 Å². The fourth-order valence-electron chi connectivity index (χ4n) is 3.55. The SMILES string of the molecule is COCCN(CC(=O)N1CCc2sccc2[C@H]1c1ccccc1)C(=O)[C@@H](C)Cl. The lowest BCUT2D eigenvalue weighted by Crippen LogP contribution is -2.48. The van der Waals surface area contributed by atoms with Crippen LogP contribution in [0.1, 0.15) is 29.0 Å². The van der Waals surface area contributed by atoms with Gasteiger partial charge in [-0.15, -0.1) is 22.9 Å². The molecule has 0 spiro atoms. The van der Waals surface area contributed by atoms with Crippen LogP contribution in [0.4, 0.5) is 0 Å². The fourth-order valence-corrected chi connectivity index (χ4v) is 4.60. The number of ether oxygens (including phenoxy) is 1. The van der Waals surface area contributed by atoms with Gasteiger partial charge in [-0.25, -0.2) is 0 Å². The molecule has 0 aliphatic carbocycles. The van der Waals surface area contributed by atoms with E-state index in [1.165, 1.54) is 15.3 Å². The van der Waals surface area contributed by atoms with Gasteiger partial charge < -0.3 is 14.5 Å². The number of halogens is 1. The van der Waals surface area contributed by atoms with Crippen LogP contribution in [0.15, 0.2) is 41.8 Å². The number of carbonyl (C=O) groups is 2. The molecule has 0 saturated heterocycles. The highest BCUT2D eigenvalue weighted by Gasteiger charge is 2.34. The number of fused-ring (bicyclic) bond motifs is 1. The summed E-state index contributed by atoms with van der Waals surface area (Å²) in [5, 5.41) is 1.40. The molecule has 0 fully saturated rings. The number of alkyl halides is 1. The van der Waals surface area contributed by atoms with Gasteiger partial charge in [-0.2, -0.15) is 0 Å². The van der Waals surface area contributed by atoms with Crippen molar-refractivity contribution < 1.29 is 14.3 Å². The predicted molar refractivity (Wildman–Crippen MR) is 112 cm³/mol. The first kappa shape index (κ1) is 20.8. The van der Waals surface area contributed by atoms with Crippen molar-refractivity contribution in [3.63, 3.8) is 0 Å². The standard InChI is InChI=1S/C21H25ClN2O3S/c1-15(22)21(26)23(11-12-27-2)14-19(25)24-10-8-18-17(9-13-28-18)20(24)16-6-4-3-5-7-16/h3-7,9,13,15,20H,8,10-12,14H2,1-2H3/t15-,20-/m1/s1. The van der Waals surface area contributed by atoms with Gasteiger partial charge in [0.15, 0.2) is 0 Å². The lowest BCUT2D eigenvalue weighted by molar-refractivity contribution is -0.141. The van der Waals surface area contributed by atoms with Gasteiger partial charge in [-0.1, -0.05) is 30.3 Å². The van der Waals surface area contributed by atoms with Gasteiger partial charge in [0.05, 0.1) is 19.2 Å². The molecule has 0 radical (unpaired) electrons. The summed E-state index contributed by atoms with van der Waals surface area (Å²) in [6.07, 6.45) is 0.833. The molecule has 1 aliphatic rings. The zero-order valence-electron chi connectivity index (χ0n) is 16.1. The molecule has 28 heavy (non-hydrogen) atoms. The number of hydrogen-bond donors (Lipinski definition) is 0. The molecular weight excluding hydrogens is 396 g/mol. The second-order valence-electron chi connectivity index (χ2n) is 6.82. The van der Waals surface area contributed by atoms with E-state index in [1.54, 1.807) is 25.4 Å². The number of carbonyl (C=O) groups excluding carboxylic acids is 2. The Labute approximate surface area is 174 Å². The highest BCUT2D eigenvalue weighted by molar-refractivity contribution is 7.10. The molecular formula is C21H25ClN2O3S. The zero-order chi connectivity index (χ0) is 20.1. The van der Waals surface area contributed by atoms with Crippen LogP contribution in [0, 0.1) is 0 Å². The smallest absolute Gasteiger partial charge is 0.242 e. The molecule has 7 heteroatoms. The molecule has 2 atom stereocenters. The third kappa shape index (κ3) is 4.57. The van der Waals surface area contributed by atoms with Crippen molar-refractivity contribution in [2.24, 2.45) is 0 Å². The normalized spacial score (nSPS) is 17.1. The molecule has 5 nitrogen and oxygen atoms in total. The van der Waals surface area contributed by atoms with E-state index in [-0.39, 0.29) is 24.4 Å². The highest BCUT2D eigenvalue weighted by atomic mass is 35.5. The van der Waals surface area contributed by atoms with Gasteiger partial charge in [-0.05, 0) is 35.9 Å². The summed E-state index contributed by atoms with van der Waals surface area (Å²) in [6.45, 7) is 2.96. The lowest BCUT2D eigenvalue weighted by atomic mass is 9.93. The van der Waals surface area contributed by atoms with Crippen LogP contribution in [-0.2, 0) is 20.7 Å². The Morgan fingerprint density at radius 1 is 1.32 bits per heavy atom. The zero-order valence-corrected chi connectivity index (χ0v) is 17.7. The summed E-state index contributed by atoms with van der Waals surface area (Å²) >= 11 is 7.73. The number of nitrogens with zero attached hydrogens (tertiary/aromatic N) is 2. The van der Waals surface area contributed by atoms with E-state index < -0.39 is 5.38 Å². The van der Waals surface area contributed by atoms with Crippen molar-refractivity contribution in [3.05, 3.63) is 57.8 Å². The average molecular weight is 421 g/mol. The highest BCUT2D eigenvalue weighted by Crippen LogP contribution is 2.37. The molecule has 0 saturated carbocycles. The van der Waals surface area contributed by atoms with Crippen LogP contribution >= 0.6 is 22.9 Å². The maximum atomic E-state index is 13.3. The van der Waals surface area contributed by atoms with Crippen molar-refractivity contribution in [2.75, 3.05) is 33.4 Å². The molecule has 0 N–H and O–H groups in total. The van der Waals surface area contributed by atoms with E-state index in [2.05, 4.69) is 11.4 Å². The van der Waals surface area contributed by atoms with Crippen molar-refractivity contribution in [1.82, 2.24) is 9.80 Å². The molecule has 0 bridgehead atoms. The summed E-state index contributed by atoms with van der Waals surface area (Å²) in [6, 6.07) is 12.0. The average Bonchev–Trinajstić information content (AvgIpc) is 3.19. The van der Waals surface area contributed by atoms with Gasteiger partial charge in [-0.3, -0.25) is 9.59 Å². The minimum absolute atomic E-state index is 0.00204. The minimum atomic E-state index is -0.681. The monoisotopic (exact) mass is 420 g/mol. The number of methoxy groups -OCH3 is 1. The van der Waals surface area contributed by atoms with Crippen LogP contribution in [0.3, 0.4) is 0 Å². The Balaban J connectivity index is 1.85. The molecule has 1 aromatic heterocycles. The second-order valence-corrected chi connectivity index (χ2v) is 8.47. The Kier molecular flexibility index (Phi) is 7.10. The predicted octanol–water partition coefficient (Wildman–Crippen LogP) is 3.32.